The van der Waals surface area contributed by atoms with Gasteiger partial charge in [-0.15, -0.1) is 0 Å². The summed E-state index contributed by atoms with van der Waals surface area (Å²) in [6, 6.07) is 12.5. The average Bonchev–Trinajstić information content (AvgIpc) is 2.70. The summed E-state index contributed by atoms with van der Waals surface area (Å²) >= 11 is 3.38. The Morgan fingerprint density at radius 2 is 2.00 bits per heavy atom. The van der Waals surface area contributed by atoms with Crippen LogP contribution in [0.4, 0.5) is 11.4 Å². The Hall–Kier alpha value is -2.61. The van der Waals surface area contributed by atoms with E-state index < -0.39 is 4.92 Å². The van der Waals surface area contributed by atoms with E-state index in [2.05, 4.69) is 21.2 Å². The number of nitrogens with zero attached hydrogens (tertiary/aromatic N) is 2. The zero-order valence-corrected chi connectivity index (χ0v) is 17.1. The monoisotopic (exact) mass is 447 g/mol. The maximum Gasteiger partial charge on any atom is 0.270 e. The van der Waals surface area contributed by atoms with Crippen LogP contribution in [0.15, 0.2) is 46.9 Å². The second kappa shape index (κ2) is 9.05. The molecule has 8 heteroatoms. The number of carbonyl (C=O) groups excluding carboxylic acids is 1. The summed E-state index contributed by atoms with van der Waals surface area (Å²) in [6.45, 7) is 1.35. The predicted octanol–water partition coefficient (Wildman–Crippen LogP) is 4.01. The van der Waals surface area contributed by atoms with Gasteiger partial charge in [0.1, 0.15) is 5.75 Å². The molecule has 1 aliphatic rings. The zero-order valence-electron chi connectivity index (χ0n) is 15.6. The zero-order chi connectivity index (χ0) is 20.1. The predicted molar refractivity (Wildman–Crippen MR) is 111 cm³/mol. The van der Waals surface area contributed by atoms with Crippen molar-refractivity contribution in [2.45, 2.75) is 25.3 Å². The fraction of sp³-hybridized carbons (Fsp3) is 0.350. The Bertz CT molecular complexity index is 866. The number of likely N-dealkylation sites (tertiary alicyclic amines) is 1. The van der Waals surface area contributed by atoms with E-state index in [4.69, 9.17) is 4.74 Å². The molecule has 1 fully saturated rings. The van der Waals surface area contributed by atoms with Gasteiger partial charge in [-0.2, -0.15) is 0 Å². The number of halogens is 1. The van der Waals surface area contributed by atoms with E-state index in [0.29, 0.717) is 24.0 Å². The highest BCUT2D eigenvalue weighted by molar-refractivity contribution is 9.10. The number of amides is 1. The lowest BCUT2D eigenvalue weighted by Gasteiger charge is -2.33. The number of nitrogens with one attached hydrogen (secondary N) is 1. The Labute approximate surface area is 172 Å². The molecule has 0 unspecified atom stereocenters. The topological polar surface area (TPSA) is 84.7 Å². The van der Waals surface area contributed by atoms with Crippen molar-refractivity contribution >= 4 is 33.2 Å². The molecule has 0 bridgehead atoms. The van der Waals surface area contributed by atoms with Crippen molar-refractivity contribution in [1.82, 2.24) is 4.90 Å². The van der Waals surface area contributed by atoms with Crippen LogP contribution in [0.5, 0.6) is 5.75 Å². The maximum absolute atomic E-state index is 12.6. The van der Waals surface area contributed by atoms with Crippen LogP contribution in [0, 0.1) is 10.1 Å². The first-order valence-electron chi connectivity index (χ1n) is 9.08. The third-order valence-electron chi connectivity index (χ3n) is 4.90. The second-order valence-corrected chi connectivity index (χ2v) is 7.56. The van der Waals surface area contributed by atoms with Crippen molar-refractivity contribution in [2.75, 3.05) is 25.5 Å². The Morgan fingerprint density at radius 3 is 2.64 bits per heavy atom. The summed E-state index contributed by atoms with van der Waals surface area (Å²) in [5.74, 6) is 0.829. The Morgan fingerprint density at radius 1 is 1.29 bits per heavy atom. The van der Waals surface area contributed by atoms with Crippen LogP contribution in [0.1, 0.15) is 18.4 Å². The molecule has 28 heavy (non-hydrogen) atoms. The van der Waals surface area contributed by atoms with Gasteiger partial charge in [-0.1, -0.05) is 18.2 Å². The van der Waals surface area contributed by atoms with Crippen molar-refractivity contribution in [2.24, 2.45) is 0 Å². The third kappa shape index (κ3) is 4.81. The highest BCUT2D eigenvalue weighted by Gasteiger charge is 2.24. The van der Waals surface area contributed by atoms with E-state index in [-0.39, 0.29) is 17.6 Å². The summed E-state index contributed by atoms with van der Waals surface area (Å²) in [5.41, 5.74) is 1.77. The second-order valence-electron chi connectivity index (χ2n) is 6.71. The number of nitro benzene ring substituents is 1. The van der Waals surface area contributed by atoms with E-state index in [1.54, 1.807) is 13.2 Å². The fourth-order valence-electron chi connectivity index (χ4n) is 3.35. The molecule has 0 saturated carbocycles. The van der Waals surface area contributed by atoms with E-state index in [1.807, 2.05) is 29.2 Å². The standard InChI is InChI=1S/C20H22BrN3O4/c1-28-19-5-3-2-4-14(19)12-20(25)23-10-8-15(9-11-23)22-18-7-6-16(24(26)27)13-17(18)21/h2-7,13,15,22H,8-12H2,1H3. The van der Waals surface area contributed by atoms with Crippen LogP contribution in [0.25, 0.3) is 0 Å². The minimum atomic E-state index is -0.416. The van der Waals surface area contributed by atoms with Crippen molar-refractivity contribution in [3.63, 3.8) is 0 Å². The van der Waals surface area contributed by atoms with Gasteiger partial charge < -0.3 is 15.0 Å². The number of nitro groups is 1. The van der Waals surface area contributed by atoms with Crippen molar-refractivity contribution < 1.29 is 14.5 Å². The first-order chi connectivity index (χ1) is 13.5. The molecule has 0 radical (unpaired) electrons. The van der Waals surface area contributed by atoms with E-state index in [9.17, 15) is 14.9 Å². The fourth-order valence-corrected chi connectivity index (χ4v) is 3.83. The number of ether oxygens (including phenoxy) is 1. The van der Waals surface area contributed by atoms with Gasteiger partial charge in [-0.05, 0) is 40.9 Å². The molecular weight excluding hydrogens is 426 g/mol. The molecule has 148 valence electrons. The molecule has 2 aromatic carbocycles. The molecule has 1 N–H and O–H groups in total. The summed E-state index contributed by atoms with van der Waals surface area (Å²) in [4.78, 5) is 24.9. The Balaban J connectivity index is 1.54. The minimum Gasteiger partial charge on any atom is -0.496 e. The third-order valence-corrected chi connectivity index (χ3v) is 5.56. The Kier molecular flexibility index (Phi) is 6.51. The van der Waals surface area contributed by atoms with Gasteiger partial charge in [0, 0.05) is 47.0 Å². The van der Waals surface area contributed by atoms with Gasteiger partial charge >= 0.3 is 0 Å². The van der Waals surface area contributed by atoms with Crippen LogP contribution < -0.4 is 10.1 Å². The van der Waals surface area contributed by atoms with Crippen LogP contribution in [0.3, 0.4) is 0 Å². The number of methoxy groups -OCH3 is 1. The largest absolute Gasteiger partial charge is 0.496 e. The normalized spacial score (nSPS) is 14.6. The molecule has 1 saturated heterocycles. The number of rotatable bonds is 6. The number of hydrogen-bond acceptors (Lipinski definition) is 5. The summed E-state index contributed by atoms with van der Waals surface area (Å²) < 4.78 is 5.99. The number of non-ortho nitro benzene ring substituents is 1. The molecule has 0 aliphatic carbocycles. The highest BCUT2D eigenvalue weighted by atomic mass is 79.9. The molecule has 0 aromatic heterocycles. The lowest BCUT2D eigenvalue weighted by Crippen LogP contribution is -2.43. The molecule has 0 atom stereocenters. The lowest BCUT2D eigenvalue weighted by molar-refractivity contribution is -0.384. The average molecular weight is 448 g/mol. The quantitative estimate of drug-likeness (QED) is 0.533. The molecule has 1 aliphatic heterocycles. The SMILES string of the molecule is COc1ccccc1CC(=O)N1CCC(Nc2ccc([N+](=O)[O-])cc2Br)CC1. The van der Waals surface area contributed by atoms with E-state index in [0.717, 1.165) is 29.8 Å². The summed E-state index contributed by atoms with van der Waals surface area (Å²) in [7, 11) is 1.61. The number of carbonyl (C=O) groups is 1. The summed E-state index contributed by atoms with van der Waals surface area (Å²) in [5, 5.41) is 14.3. The number of anilines is 1. The van der Waals surface area contributed by atoms with Crippen LogP contribution >= 0.6 is 15.9 Å². The van der Waals surface area contributed by atoms with E-state index in [1.165, 1.54) is 12.1 Å². The van der Waals surface area contributed by atoms with Gasteiger partial charge in [0.15, 0.2) is 0 Å². The molecule has 2 aromatic rings. The number of benzene rings is 2. The number of para-hydroxylation sites is 1. The molecule has 0 spiro atoms. The van der Waals surface area contributed by atoms with Gasteiger partial charge in [0.2, 0.25) is 5.91 Å². The van der Waals surface area contributed by atoms with E-state index >= 15 is 0 Å². The molecule has 3 rings (SSSR count). The molecular formula is C20H22BrN3O4. The van der Waals surface area contributed by atoms with Crippen LogP contribution in [0.2, 0.25) is 0 Å². The van der Waals surface area contributed by atoms with Crippen molar-refractivity contribution in [3.05, 3.63) is 62.6 Å². The number of piperidine rings is 1. The summed E-state index contributed by atoms with van der Waals surface area (Å²) in [6.07, 6.45) is 1.97. The van der Waals surface area contributed by atoms with Gasteiger partial charge in [0.05, 0.1) is 18.5 Å². The lowest BCUT2D eigenvalue weighted by atomic mass is 10.0. The molecule has 7 nitrogen and oxygen atoms in total. The molecule has 1 amide bonds. The number of hydrogen-bond donors (Lipinski definition) is 1. The molecule has 1 heterocycles. The van der Waals surface area contributed by atoms with Gasteiger partial charge in [0.25, 0.3) is 5.69 Å². The first kappa shape index (κ1) is 20.1. The van der Waals surface area contributed by atoms with Gasteiger partial charge in [-0.3, -0.25) is 14.9 Å². The van der Waals surface area contributed by atoms with Crippen molar-refractivity contribution in [3.8, 4) is 5.75 Å². The van der Waals surface area contributed by atoms with Crippen LogP contribution in [-0.4, -0.2) is 42.0 Å². The maximum atomic E-state index is 12.6. The van der Waals surface area contributed by atoms with Gasteiger partial charge in [-0.25, -0.2) is 0 Å². The minimum absolute atomic E-state index is 0.0502. The first-order valence-corrected chi connectivity index (χ1v) is 9.87. The highest BCUT2D eigenvalue weighted by Crippen LogP contribution is 2.29. The van der Waals surface area contributed by atoms with Crippen LogP contribution in [-0.2, 0) is 11.2 Å². The van der Waals surface area contributed by atoms with Crippen molar-refractivity contribution in [1.29, 1.82) is 0 Å². The smallest absolute Gasteiger partial charge is 0.270 e.